The zero-order valence-electron chi connectivity index (χ0n) is 10.3. The number of hydrogen-bond acceptors (Lipinski definition) is 3. The van der Waals surface area contributed by atoms with Gasteiger partial charge in [0.25, 0.3) is 0 Å². The SMILES string of the molecule is COc1c(Br)cc(Cl)cc1NCc1cccc(O)c1. The highest BCUT2D eigenvalue weighted by Crippen LogP contribution is 2.36. The summed E-state index contributed by atoms with van der Waals surface area (Å²) in [5.74, 6) is 0.947. The van der Waals surface area contributed by atoms with E-state index in [1.165, 1.54) is 0 Å². The first-order valence-corrected chi connectivity index (χ1v) is 6.82. The number of anilines is 1. The van der Waals surface area contributed by atoms with Crippen LogP contribution >= 0.6 is 27.5 Å². The lowest BCUT2D eigenvalue weighted by Gasteiger charge is -2.13. The van der Waals surface area contributed by atoms with Gasteiger partial charge in [0, 0.05) is 11.6 Å². The molecule has 2 rings (SSSR count). The molecule has 0 aliphatic heterocycles. The monoisotopic (exact) mass is 341 g/mol. The van der Waals surface area contributed by atoms with Gasteiger partial charge in [-0.15, -0.1) is 0 Å². The van der Waals surface area contributed by atoms with Crippen molar-refractivity contribution >= 4 is 33.2 Å². The number of rotatable bonds is 4. The molecule has 0 radical (unpaired) electrons. The molecule has 100 valence electrons. The van der Waals surface area contributed by atoms with Crippen molar-refractivity contribution in [3.63, 3.8) is 0 Å². The number of aromatic hydroxyl groups is 1. The molecule has 5 heteroatoms. The number of ether oxygens (including phenoxy) is 1. The van der Waals surface area contributed by atoms with Crippen molar-refractivity contribution in [3.8, 4) is 11.5 Å². The number of nitrogens with one attached hydrogen (secondary N) is 1. The van der Waals surface area contributed by atoms with Crippen LogP contribution in [0.15, 0.2) is 40.9 Å². The minimum absolute atomic E-state index is 0.249. The Morgan fingerprint density at radius 3 is 2.79 bits per heavy atom. The van der Waals surface area contributed by atoms with Crippen LogP contribution in [0.1, 0.15) is 5.56 Å². The molecule has 0 amide bonds. The highest BCUT2D eigenvalue weighted by molar-refractivity contribution is 9.10. The highest BCUT2D eigenvalue weighted by atomic mass is 79.9. The van der Waals surface area contributed by atoms with E-state index in [-0.39, 0.29) is 5.75 Å². The third-order valence-electron chi connectivity index (χ3n) is 2.61. The normalized spacial score (nSPS) is 10.3. The van der Waals surface area contributed by atoms with Crippen molar-refractivity contribution in [2.75, 3.05) is 12.4 Å². The number of methoxy groups -OCH3 is 1. The third-order valence-corrected chi connectivity index (χ3v) is 3.41. The van der Waals surface area contributed by atoms with Crippen molar-refractivity contribution in [2.45, 2.75) is 6.54 Å². The zero-order chi connectivity index (χ0) is 13.8. The van der Waals surface area contributed by atoms with E-state index in [0.29, 0.717) is 17.3 Å². The second-order valence-electron chi connectivity index (χ2n) is 3.99. The fourth-order valence-corrected chi connectivity index (χ4v) is 2.73. The Hall–Kier alpha value is -1.39. The molecule has 19 heavy (non-hydrogen) atoms. The first kappa shape index (κ1) is 14.0. The van der Waals surface area contributed by atoms with Crippen LogP contribution in [-0.4, -0.2) is 12.2 Å². The van der Waals surface area contributed by atoms with Gasteiger partial charge in [-0.2, -0.15) is 0 Å². The highest BCUT2D eigenvalue weighted by Gasteiger charge is 2.09. The molecule has 3 nitrogen and oxygen atoms in total. The van der Waals surface area contributed by atoms with Crippen LogP contribution in [0.3, 0.4) is 0 Å². The van der Waals surface area contributed by atoms with Gasteiger partial charge in [0.2, 0.25) is 0 Å². The van der Waals surface area contributed by atoms with Gasteiger partial charge >= 0.3 is 0 Å². The molecule has 0 aromatic heterocycles. The van der Waals surface area contributed by atoms with Crippen LogP contribution < -0.4 is 10.1 Å². The summed E-state index contributed by atoms with van der Waals surface area (Å²) in [5, 5.41) is 13.3. The first-order valence-electron chi connectivity index (χ1n) is 5.65. The predicted octanol–water partition coefficient (Wildman–Crippen LogP) is 4.43. The summed E-state index contributed by atoms with van der Waals surface area (Å²) in [5.41, 5.74) is 1.77. The quantitative estimate of drug-likeness (QED) is 0.863. The maximum atomic E-state index is 9.42. The lowest BCUT2D eigenvalue weighted by atomic mass is 10.2. The lowest BCUT2D eigenvalue weighted by Crippen LogP contribution is -2.01. The molecule has 0 spiro atoms. The maximum absolute atomic E-state index is 9.42. The van der Waals surface area contributed by atoms with Gasteiger partial charge in [-0.25, -0.2) is 0 Å². The van der Waals surface area contributed by atoms with Crippen molar-refractivity contribution < 1.29 is 9.84 Å². The second kappa shape index (κ2) is 6.17. The summed E-state index contributed by atoms with van der Waals surface area (Å²) in [6.07, 6.45) is 0. The lowest BCUT2D eigenvalue weighted by molar-refractivity contribution is 0.414. The van der Waals surface area contributed by atoms with Crippen molar-refractivity contribution in [1.29, 1.82) is 0 Å². The molecular weight excluding hydrogens is 330 g/mol. The Labute approximate surface area is 125 Å². The van der Waals surface area contributed by atoms with E-state index >= 15 is 0 Å². The van der Waals surface area contributed by atoms with Gasteiger partial charge in [-0.1, -0.05) is 23.7 Å². The molecule has 2 N–H and O–H groups in total. The van der Waals surface area contributed by atoms with E-state index < -0.39 is 0 Å². The third kappa shape index (κ3) is 3.55. The standard InChI is InChI=1S/C14H13BrClNO2/c1-19-14-12(15)6-10(16)7-13(14)17-8-9-3-2-4-11(18)5-9/h2-7,17-18H,8H2,1H3. The summed E-state index contributed by atoms with van der Waals surface area (Å²) < 4.78 is 6.12. The number of phenolic OH excluding ortho intramolecular Hbond substituents is 1. The Balaban J connectivity index is 2.19. The molecular formula is C14H13BrClNO2. The largest absolute Gasteiger partial charge is 0.508 e. The van der Waals surface area contributed by atoms with Crippen molar-refractivity contribution in [3.05, 3.63) is 51.5 Å². The van der Waals surface area contributed by atoms with Crippen LogP contribution in [0.5, 0.6) is 11.5 Å². The van der Waals surface area contributed by atoms with Gasteiger partial charge in [-0.3, -0.25) is 0 Å². The van der Waals surface area contributed by atoms with Gasteiger partial charge in [-0.05, 0) is 45.8 Å². The fourth-order valence-electron chi connectivity index (χ4n) is 1.76. The number of hydrogen-bond donors (Lipinski definition) is 2. The van der Waals surface area contributed by atoms with Crippen LogP contribution in [0.4, 0.5) is 5.69 Å². The van der Waals surface area contributed by atoms with Crippen molar-refractivity contribution in [1.82, 2.24) is 0 Å². The topological polar surface area (TPSA) is 41.5 Å². The summed E-state index contributed by atoms with van der Waals surface area (Å²) >= 11 is 9.43. The van der Waals surface area contributed by atoms with E-state index in [2.05, 4.69) is 21.2 Å². The number of benzene rings is 2. The molecule has 0 saturated carbocycles. The molecule has 0 saturated heterocycles. The molecule has 2 aromatic rings. The summed E-state index contributed by atoms with van der Waals surface area (Å²) in [4.78, 5) is 0. The van der Waals surface area contributed by atoms with Crippen LogP contribution in [-0.2, 0) is 6.54 Å². The molecule has 0 bridgehead atoms. The fraction of sp³-hybridized carbons (Fsp3) is 0.143. The van der Waals surface area contributed by atoms with Crippen LogP contribution in [0.2, 0.25) is 5.02 Å². The van der Waals surface area contributed by atoms with E-state index in [1.807, 2.05) is 6.07 Å². The minimum atomic E-state index is 0.249. The second-order valence-corrected chi connectivity index (χ2v) is 5.28. The molecule has 0 heterocycles. The number of phenols is 1. The van der Waals surface area contributed by atoms with E-state index in [0.717, 1.165) is 15.7 Å². The van der Waals surface area contributed by atoms with Gasteiger partial charge in [0.05, 0.1) is 17.3 Å². The minimum Gasteiger partial charge on any atom is -0.508 e. The first-order chi connectivity index (χ1) is 9.10. The smallest absolute Gasteiger partial charge is 0.156 e. The zero-order valence-corrected chi connectivity index (χ0v) is 12.6. The number of halogens is 2. The summed E-state index contributed by atoms with van der Waals surface area (Å²) in [7, 11) is 1.60. The van der Waals surface area contributed by atoms with Gasteiger partial charge in [0.15, 0.2) is 5.75 Å². The van der Waals surface area contributed by atoms with Crippen molar-refractivity contribution in [2.24, 2.45) is 0 Å². The Morgan fingerprint density at radius 2 is 2.11 bits per heavy atom. The van der Waals surface area contributed by atoms with Crippen LogP contribution in [0, 0.1) is 0 Å². The average molecular weight is 343 g/mol. The summed E-state index contributed by atoms with van der Waals surface area (Å²) in [6.45, 7) is 0.567. The molecule has 0 aliphatic carbocycles. The predicted molar refractivity (Wildman–Crippen MR) is 81.1 cm³/mol. The molecule has 0 aliphatic rings. The average Bonchev–Trinajstić information content (AvgIpc) is 2.36. The van der Waals surface area contributed by atoms with Gasteiger partial charge < -0.3 is 15.2 Å². The molecule has 0 atom stereocenters. The van der Waals surface area contributed by atoms with Crippen LogP contribution in [0.25, 0.3) is 0 Å². The summed E-state index contributed by atoms with van der Waals surface area (Å²) in [6, 6.07) is 10.7. The Bertz CT molecular complexity index is 590. The van der Waals surface area contributed by atoms with E-state index in [1.54, 1.807) is 37.4 Å². The maximum Gasteiger partial charge on any atom is 0.156 e. The molecule has 0 fully saturated rings. The van der Waals surface area contributed by atoms with Gasteiger partial charge in [0.1, 0.15) is 5.75 Å². The molecule has 0 unspecified atom stereocenters. The van der Waals surface area contributed by atoms with E-state index in [9.17, 15) is 5.11 Å². The van der Waals surface area contributed by atoms with E-state index in [4.69, 9.17) is 16.3 Å². The molecule has 2 aromatic carbocycles. The Morgan fingerprint density at radius 1 is 1.32 bits per heavy atom. The Kier molecular flexibility index (Phi) is 4.56.